The third kappa shape index (κ3) is 3.28. The van der Waals surface area contributed by atoms with Gasteiger partial charge in [0.2, 0.25) is 0 Å². The lowest BCUT2D eigenvalue weighted by atomic mass is 10.2. The summed E-state index contributed by atoms with van der Waals surface area (Å²) >= 11 is 1.46. The topological polar surface area (TPSA) is 34.9 Å². The molecule has 0 atom stereocenters. The smallest absolute Gasteiger partial charge is 0.173 e. The van der Waals surface area contributed by atoms with Gasteiger partial charge >= 0.3 is 0 Å². The molecule has 0 aliphatic heterocycles. The minimum Gasteiger partial charge on any atom is -0.295 e. The number of hydrogen-bond donors (Lipinski definition) is 0. The van der Waals surface area contributed by atoms with Crippen LogP contribution in [-0.2, 0) is 0 Å². The molecule has 0 amide bonds. The highest BCUT2D eigenvalue weighted by Crippen LogP contribution is 2.22. The Bertz CT molecular complexity index is 781. The largest absolute Gasteiger partial charge is 0.295 e. The lowest BCUT2D eigenvalue weighted by molar-refractivity contribution is 0.102. The number of rotatable bonds is 5. The summed E-state index contributed by atoms with van der Waals surface area (Å²) in [4.78, 5) is 16.5. The van der Waals surface area contributed by atoms with Crippen LogP contribution in [0.25, 0.3) is 5.69 Å². The van der Waals surface area contributed by atoms with Crippen LogP contribution in [0.1, 0.15) is 15.9 Å². The normalized spacial score (nSPS) is 10.6. The van der Waals surface area contributed by atoms with E-state index in [4.69, 9.17) is 0 Å². The Morgan fingerprint density at radius 1 is 1.14 bits per heavy atom. The average molecular weight is 308 g/mol. The van der Waals surface area contributed by atoms with E-state index in [0.29, 0.717) is 5.75 Å². The second-order valence-electron chi connectivity index (χ2n) is 5.00. The first-order chi connectivity index (χ1) is 10.7. The monoisotopic (exact) mass is 308 g/mol. The Morgan fingerprint density at radius 3 is 2.73 bits per heavy atom. The molecule has 0 aliphatic carbocycles. The number of carbonyl (C=O) groups is 1. The van der Waals surface area contributed by atoms with Gasteiger partial charge in [0.15, 0.2) is 10.9 Å². The molecule has 0 radical (unpaired) electrons. The summed E-state index contributed by atoms with van der Waals surface area (Å²) in [5.74, 6) is 0.497. The minimum absolute atomic E-state index is 0.115. The van der Waals surface area contributed by atoms with Crippen LogP contribution in [0.4, 0.5) is 0 Å². The number of nitrogens with zero attached hydrogens (tertiary/aromatic N) is 2. The molecule has 0 fully saturated rings. The summed E-state index contributed by atoms with van der Waals surface area (Å²) in [6.07, 6.45) is 3.68. The van der Waals surface area contributed by atoms with E-state index in [0.717, 1.165) is 16.4 Å². The van der Waals surface area contributed by atoms with E-state index >= 15 is 0 Å². The van der Waals surface area contributed by atoms with E-state index in [1.807, 2.05) is 53.2 Å². The van der Waals surface area contributed by atoms with Gasteiger partial charge in [-0.3, -0.25) is 9.36 Å². The van der Waals surface area contributed by atoms with E-state index in [-0.39, 0.29) is 5.78 Å². The Kier molecular flexibility index (Phi) is 4.39. The molecule has 0 spiro atoms. The molecule has 22 heavy (non-hydrogen) atoms. The van der Waals surface area contributed by atoms with Gasteiger partial charge in [-0.25, -0.2) is 4.98 Å². The van der Waals surface area contributed by atoms with Gasteiger partial charge in [0, 0.05) is 23.6 Å². The van der Waals surface area contributed by atoms with E-state index in [1.165, 1.54) is 17.3 Å². The van der Waals surface area contributed by atoms with Crippen LogP contribution in [-0.4, -0.2) is 21.1 Å². The fraction of sp³-hybridized carbons (Fsp3) is 0.111. The van der Waals surface area contributed by atoms with Gasteiger partial charge in [-0.2, -0.15) is 0 Å². The molecule has 1 aromatic heterocycles. The molecule has 0 unspecified atom stereocenters. The molecule has 2 aromatic carbocycles. The second kappa shape index (κ2) is 6.62. The van der Waals surface area contributed by atoms with Crippen molar-refractivity contribution in [1.29, 1.82) is 0 Å². The molecule has 4 heteroatoms. The lowest BCUT2D eigenvalue weighted by Gasteiger charge is -2.08. The predicted molar refractivity (Wildman–Crippen MR) is 89.8 cm³/mol. The number of hydrogen-bond acceptors (Lipinski definition) is 3. The van der Waals surface area contributed by atoms with E-state index in [1.54, 1.807) is 6.20 Å². The SMILES string of the molecule is Cc1cccc(-n2ccnc2SCC(=O)c2ccccc2)c1. The van der Waals surface area contributed by atoms with Crippen molar-refractivity contribution in [2.45, 2.75) is 12.1 Å². The third-order valence-corrected chi connectivity index (χ3v) is 4.28. The molecule has 3 aromatic rings. The zero-order chi connectivity index (χ0) is 15.4. The summed E-state index contributed by atoms with van der Waals surface area (Å²) in [7, 11) is 0. The molecule has 3 nitrogen and oxygen atoms in total. The van der Waals surface area contributed by atoms with Crippen molar-refractivity contribution in [3.63, 3.8) is 0 Å². The van der Waals surface area contributed by atoms with Crippen molar-refractivity contribution < 1.29 is 4.79 Å². The van der Waals surface area contributed by atoms with Gasteiger partial charge in [0.25, 0.3) is 0 Å². The number of ketones is 1. The summed E-state index contributed by atoms with van der Waals surface area (Å²) in [6.45, 7) is 2.06. The average Bonchev–Trinajstić information content (AvgIpc) is 3.02. The van der Waals surface area contributed by atoms with Gasteiger partial charge in [0.05, 0.1) is 5.75 Å². The third-order valence-electron chi connectivity index (χ3n) is 3.31. The van der Waals surface area contributed by atoms with Crippen molar-refractivity contribution in [3.05, 3.63) is 78.1 Å². The number of Topliss-reactive ketones (excluding diaryl/α,β-unsaturated/α-hetero) is 1. The van der Waals surface area contributed by atoms with Gasteiger partial charge in [-0.15, -0.1) is 0 Å². The van der Waals surface area contributed by atoms with E-state index in [9.17, 15) is 4.79 Å². The summed E-state index contributed by atoms with van der Waals surface area (Å²) in [6, 6.07) is 17.6. The van der Waals surface area contributed by atoms with Gasteiger partial charge < -0.3 is 0 Å². The van der Waals surface area contributed by atoms with Crippen molar-refractivity contribution in [2.24, 2.45) is 0 Å². The van der Waals surface area contributed by atoms with Crippen LogP contribution in [0, 0.1) is 6.92 Å². The van der Waals surface area contributed by atoms with Crippen molar-refractivity contribution >= 4 is 17.5 Å². The zero-order valence-electron chi connectivity index (χ0n) is 12.3. The second-order valence-corrected chi connectivity index (χ2v) is 5.94. The molecule has 1 heterocycles. The molecule has 0 bridgehead atoms. The van der Waals surface area contributed by atoms with Crippen LogP contribution in [0.2, 0.25) is 0 Å². The van der Waals surface area contributed by atoms with Crippen LogP contribution < -0.4 is 0 Å². The van der Waals surface area contributed by atoms with Crippen molar-refractivity contribution in [2.75, 3.05) is 5.75 Å². The van der Waals surface area contributed by atoms with Gasteiger partial charge in [0.1, 0.15) is 0 Å². The number of aromatic nitrogens is 2. The Morgan fingerprint density at radius 2 is 1.95 bits per heavy atom. The molecular weight excluding hydrogens is 292 g/mol. The Hall–Kier alpha value is -2.33. The fourth-order valence-electron chi connectivity index (χ4n) is 2.21. The highest BCUT2D eigenvalue weighted by atomic mass is 32.2. The fourth-order valence-corrected chi connectivity index (χ4v) is 3.08. The number of imidazole rings is 1. The highest BCUT2D eigenvalue weighted by molar-refractivity contribution is 7.99. The standard InChI is InChI=1S/C18H16N2OS/c1-14-6-5-9-16(12-14)20-11-10-19-18(20)22-13-17(21)15-7-3-2-4-8-15/h2-12H,13H2,1H3. The van der Waals surface area contributed by atoms with Crippen LogP contribution in [0.15, 0.2) is 72.1 Å². The highest BCUT2D eigenvalue weighted by Gasteiger charge is 2.10. The van der Waals surface area contributed by atoms with Crippen LogP contribution in [0.5, 0.6) is 0 Å². The molecule has 110 valence electrons. The molecule has 0 aliphatic rings. The number of carbonyl (C=O) groups excluding carboxylic acids is 1. The van der Waals surface area contributed by atoms with Gasteiger partial charge in [-0.05, 0) is 24.6 Å². The van der Waals surface area contributed by atoms with Crippen LogP contribution in [0.3, 0.4) is 0 Å². The number of thioether (sulfide) groups is 1. The number of benzene rings is 2. The summed E-state index contributed by atoms with van der Waals surface area (Å²) in [5.41, 5.74) is 3.00. The molecule has 3 rings (SSSR count). The maximum absolute atomic E-state index is 12.2. The molecule has 0 saturated heterocycles. The van der Waals surface area contributed by atoms with Crippen molar-refractivity contribution in [1.82, 2.24) is 9.55 Å². The first kappa shape index (κ1) is 14.6. The molecular formula is C18H16N2OS. The Balaban J connectivity index is 1.75. The zero-order valence-corrected chi connectivity index (χ0v) is 13.1. The molecule has 0 N–H and O–H groups in total. The first-order valence-electron chi connectivity index (χ1n) is 7.05. The van der Waals surface area contributed by atoms with E-state index in [2.05, 4.69) is 24.0 Å². The van der Waals surface area contributed by atoms with Gasteiger partial charge in [-0.1, -0.05) is 54.2 Å². The number of aryl methyl sites for hydroxylation is 1. The first-order valence-corrected chi connectivity index (χ1v) is 8.04. The van der Waals surface area contributed by atoms with E-state index < -0.39 is 0 Å². The summed E-state index contributed by atoms with van der Waals surface area (Å²) < 4.78 is 2.01. The lowest BCUT2D eigenvalue weighted by Crippen LogP contribution is -2.04. The minimum atomic E-state index is 0.115. The van der Waals surface area contributed by atoms with Crippen molar-refractivity contribution in [3.8, 4) is 5.69 Å². The Labute approximate surface area is 134 Å². The quantitative estimate of drug-likeness (QED) is 0.524. The van der Waals surface area contributed by atoms with Crippen LogP contribution >= 0.6 is 11.8 Å². The summed E-state index contributed by atoms with van der Waals surface area (Å²) in [5, 5.41) is 0.829. The predicted octanol–water partition coefficient (Wildman–Crippen LogP) is 4.16. The maximum Gasteiger partial charge on any atom is 0.173 e. The molecule has 0 saturated carbocycles. The maximum atomic E-state index is 12.2.